The summed E-state index contributed by atoms with van der Waals surface area (Å²) in [6.07, 6.45) is 1.88. The SMILES string of the molecule is O=C(Nc1ccccc1C(=O)NC1CC1)c1cc(F)ccc1F. The summed E-state index contributed by atoms with van der Waals surface area (Å²) >= 11 is 0. The minimum Gasteiger partial charge on any atom is -0.349 e. The first-order valence-electron chi connectivity index (χ1n) is 7.21. The molecule has 1 saturated carbocycles. The Labute approximate surface area is 131 Å². The van der Waals surface area contributed by atoms with Crippen molar-refractivity contribution in [3.63, 3.8) is 0 Å². The number of para-hydroxylation sites is 1. The number of benzene rings is 2. The molecule has 4 nitrogen and oxygen atoms in total. The predicted molar refractivity (Wildman–Crippen MR) is 81.2 cm³/mol. The van der Waals surface area contributed by atoms with Gasteiger partial charge in [0.2, 0.25) is 0 Å². The van der Waals surface area contributed by atoms with Crippen molar-refractivity contribution < 1.29 is 18.4 Å². The molecule has 0 spiro atoms. The van der Waals surface area contributed by atoms with E-state index in [4.69, 9.17) is 0 Å². The average Bonchev–Trinajstić information content (AvgIpc) is 3.34. The molecular weight excluding hydrogens is 302 g/mol. The van der Waals surface area contributed by atoms with E-state index in [9.17, 15) is 18.4 Å². The molecule has 118 valence electrons. The van der Waals surface area contributed by atoms with Gasteiger partial charge >= 0.3 is 0 Å². The summed E-state index contributed by atoms with van der Waals surface area (Å²) < 4.78 is 26.8. The van der Waals surface area contributed by atoms with E-state index in [0.717, 1.165) is 31.0 Å². The zero-order valence-electron chi connectivity index (χ0n) is 12.1. The lowest BCUT2D eigenvalue weighted by molar-refractivity contribution is 0.0952. The third-order valence-corrected chi connectivity index (χ3v) is 3.51. The minimum atomic E-state index is -0.830. The van der Waals surface area contributed by atoms with Gasteiger partial charge in [-0.1, -0.05) is 12.1 Å². The van der Waals surface area contributed by atoms with Gasteiger partial charge in [-0.3, -0.25) is 9.59 Å². The molecule has 23 heavy (non-hydrogen) atoms. The van der Waals surface area contributed by atoms with Crippen molar-refractivity contribution in [2.24, 2.45) is 0 Å². The van der Waals surface area contributed by atoms with E-state index in [2.05, 4.69) is 10.6 Å². The van der Waals surface area contributed by atoms with Gasteiger partial charge in [0.1, 0.15) is 11.6 Å². The molecule has 0 radical (unpaired) electrons. The Morgan fingerprint density at radius 3 is 2.43 bits per heavy atom. The van der Waals surface area contributed by atoms with Crippen LogP contribution < -0.4 is 10.6 Å². The molecule has 3 rings (SSSR count). The Bertz CT molecular complexity index is 773. The van der Waals surface area contributed by atoms with E-state index >= 15 is 0 Å². The molecule has 6 heteroatoms. The molecule has 0 atom stereocenters. The molecule has 2 aromatic rings. The number of carbonyl (C=O) groups excluding carboxylic acids is 2. The molecule has 2 amide bonds. The molecule has 0 aromatic heterocycles. The van der Waals surface area contributed by atoms with Crippen molar-refractivity contribution >= 4 is 17.5 Å². The molecule has 1 fully saturated rings. The summed E-state index contributed by atoms with van der Waals surface area (Å²) in [6, 6.07) is 9.22. The Kier molecular flexibility index (Phi) is 4.06. The smallest absolute Gasteiger partial charge is 0.258 e. The summed E-state index contributed by atoms with van der Waals surface area (Å²) in [7, 11) is 0. The molecular formula is C17H14F2N2O2. The molecule has 2 N–H and O–H groups in total. The Hall–Kier alpha value is -2.76. The quantitative estimate of drug-likeness (QED) is 0.910. The predicted octanol–water partition coefficient (Wildman–Crippen LogP) is 3.11. The molecule has 0 saturated heterocycles. The van der Waals surface area contributed by atoms with Crippen LogP contribution >= 0.6 is 0 Å². The molecule has 0 heterocycles. The number of halogens is 2. The summed E-state index contributed by atoms with van der Waals surface area (Å²) in [5.74, 6) is -2.66. The number of hydrogen-bond donors (Lipinski definition) is 2. The van der Waals surface area contributed by atoms with Crippen LogP contribution in [0.5, 0.6) is 0 Å². The third kappa shape index (κ3) is 3.53. The van der Waals surface area contributed by atoms with E-state index in [1.807, 2.05) is 0 Å². The van der Waals surface area contributed by atoms with Gasteiger partial charge in [-0.2, -0.15) is 0 Å². The number of amides is 2. The fourth-order valence-electron chi connectivity index (χ4n) is 2.14. The number of anilines is 1. The topological polar surface area (TPSA) is 58.2 Å². The van der Waals surface area contributed by atoms with Gasteiger partial charge in [-0.05, 0) is 43.2 Å². The first kappa shape index (κ1) is 15.1. The lowest BCUT2D eigenvalue weighted by atomic mass is 10.1. The summed E-state index contributed by atoms with van der Waals surface area (Å²) in [5, 5.41) is 5.28. The highest BCUT2D eigenvalue weighted by Crippen LogP contribution is 2.22. The van der Waals surface area contributed by atoms with Crippen LogP contribution in [0.15, 0.2) is 42.5 Å². The number of carbonyl (C=O) groups is 2. The number of rotatable bonds is 4. The Balaban J connectivity index is 1.83. The largest absolute Gasteiger partial charge is 0.349 e. The summed E-state index contributed by atoms with van der Waals surface area (Å²) in [6.45, 7) is 0. The standard InChI is InChI=1S/C17H14F2N2O2/c18-10-5-8-14(19)13(9-10)17(23)21-15-4-2-1-3-12(15)16(22)20-11-6-7-11/h1-5,8-9,11H,6-7H2,(H,20,22)(H,21,23). The molecule has 0 bridgehead atoms. The van der Waals surface area contributed by atoms with E-state index in [-0.39, 0.29) is 23.2 Å². The zero-order chi connectivity index (χ0) is 16.4. The lowest BCUT2D eigenvalue weighted by Crippen LogP contribution is -2.27. The Morgan fingerprint density at radius 2 is 1.70 bits per heavy atom. The Morgan fingerprint density at radius 1 is 0.957 bits per heavy atom. The summed E-state index contributed by atoms with van der Waals surface area (Å²) in [4.78, 5) is 24.3. The maximum atomic E-state index is 13.7. The van der Waals surface area contributed by atoms with E-state index in [1.54, 1.807) is 18.2 Å². The van der Waals surface area contributed by atoms with Crippen LogP contribution in [0.3, 0.4) is 0 Å². The normalized spacial score (nSPS) is 13.5. The fourth-order valence-corrected chi connectivity index (χ4v) is 2.14. The van der Waals surface area contributed by atoms with E-state index in [0.29, 0.717) is 0 Å². The van der Waals surface area contributed by atoms with Crippen molar-refractivity contribution in [1.82, 2.24) is 5.32 Å². The second-order valence-corrected chi connectivity index (χ2v) is 5.37. The second-order valence-electron chi connectivity index (χ2n) is 5.37. The monoisotopic (exact) mass is 316 g/mol. The molecule has 1 aliphatic rings. The van der Waals surface area contributed by atoms with Crippen molar-refractivity contribution in [3.05, 3.63) is 65.2 Å². The summed E-state index contributed by atoms with van der Waals surface area (Å²) in [5.41, 5.74) is 0.117. The van der Waals surface area contributed by atoms with Gasteiger partial charge in [0, 0.05) is 6.04 Å². The van der Waals surface area contributed by atoms with Crippen molar-refractivity contribution in [3.8, 4) is 0 Å². The molecule has 2 aromatic carbocycles. The van der Waals surface area contributed by atoms with Crippen molar-refractivity contribution in [2.45, 2.75) is 18.9 Å². The highest BCUT2D eigenvalue weighted by molar-refractivity contribution is 6.09. The number of hydrogen-bond acceptors (Lipinski definition) is 2. The van der Waals surface area contributed by atoms with Gasteiger partial charge in [-0.25, -0.2) is 8.78 Å². The minimum absolute atomic E-state index is 0.173. The lowest BCUT2D eigenvalue weighted by Gasteiger charge is -2.11. The van der Waals surface area contributed by atoms with Gasteiger partial charge in [0.15, 0.2) is 0 Å². The molecule has 0 unspecified atom stereocenters. The van der Waals surface area contributed by atoms with Crippen molar-refractivity contribution in [2.75, 3.05) is 5.32 Å². The van der Waals surface area contributed by atoms with Gasteiger partial charge < -0.3 is 10.6 Å². The van der Waals surface area contributed by atoms with Crippen LogP contribution in [-0.2, 0) is 0 Å². The third-order valence-electron chi connectivity index (χ3n) is 3.51. The zero-order valence-corrected chi connectivity index (χ0v) is 12.1. The highest BCUT2D eigenvalue weighted by atomic mass is 19.1. The van der Waals surface area contributed by atoms with Crippen LogP contribution in [0.25, 0.3) is 0 Å². The van der Waals surface area contributed by atoms with Crippen LogP contribution in [0, 0.1) is 11.6 Å². The average molecular weight is 316 g/mol. The fraction of sp³-hybridized carbons (Fsp3) is 0.176. The van der Waals surface area contributed by atoms with Gasteiger partial charge in [-0.15, -0.1) is 0 Å². The first-order valence-corrected chi connectivity index (χ1v) is 7.21. The molecule has 0 aliphatic heterocycles. The van der Waals surface area contributed by atoms with Crippen LogP contribution in [0.2, 0.25) is 0 Å². The van der Waals surface area contributed by atoms with Gasteiger partial charge in [0.05, 0.1) is 16.8 Å². The first-order chi connectivity index (χ1) is 11.0. The van der Waals surface area contributed by atoms with Gasteiger partial charge in [0.25, 0.3) is 11.8 Å². The van der Waals surface area contributed by atoms with Crippen LogP contribution in [0.4, 0.5) is 14.5 Å². The second kappa shape index (κ2) is 6.16. The van der Waals surface area contributed by atoms with Crippen molar-refractivity contribution in [1.29, 1.82) is 0 Å². The van der Waals surface area contributed by atoms with Crippen LogP contribution in [-0.4, -0.2) is 17.9 Å². The maximum Gasteiger partial charge on any atom is 0.258 e. The van der Waals surface area contributed by atoms with Crippen LogP contribution in [0.1, 0.15) is 33.6 Å². The van der Waals surface area contributed by atoms with E-state index in [1.165, 1.54) is 6.07 Å². The maximum absolute atomic E-state index is 13.7. The van der Waals surface area contributed by atoms with E-state index < -0.39 is 23.1 Å². The number of nitrogens with one attached hydrogen (secondary N) is 2. The molecule has 1 aliphatic carbocycles. The highest BCUT2D eigenvalue weighted by Gasteiger charge is 2.25.